The summed E-state index contributed by atoms with van der Waals surface area (Å²) in [5.41, 5.74) is 1.86. The number of rotatable bonds is 14. The molecule has 0 spiro atoms. The Labute approximate surface area is 259 Å². The van der Waals surface area contributed by atoms with E-state index >= 15 is 0 Å². The molecule has 0 bridgehead atoms. The lowest BCUT2D eigenvalue weighted by molar-refractivity contribution is -0.140. The van der Waals surface area contributed by atoms with E-state index in [0.717, 1.165) is 28.3 Å². The van der Waals surface area contributed by atoms with E-state index in [1.165, 1.54) is 17.0 Å². The first-order chi connectivity index (χ1) is 20.8. The minimum atomic E-state index is -4.20. The van der Waals surface area contributed by atoms with Crippen molar-refractivity contribution in [3.63, 3.8) is 0 Å². The molecule has 0 saturated heterocycles. The zero-order valence-electron chi connectivity index (χ0n) is 24.1. The number of halogens is 1. The molecular weight excluding hydrogens is 582 g/mol. The average molecular weight is 618 g/mol. The second kappa shape index (κ2) is 15.4. The Hall–Kier alpha value is -4.14. The maximum absolute atomic E-state index is 14.4. The third-order valence-corrected chi connectivity index (χ3v) is 9.12. The number of benzene rings is 4. The molecule has 2 amide bonds. The van der Waals surface area contributed by atoms with Gasteiger partial charge in [-0.3, -0.25) is 13.9 Å². The summed E-state index contributed by atoms with van der Waals surface area (Å²) in [6, 6.07) is 32.4. The van der Waals surface area contributed by atoms with E-state index < -0.39 is 28.5 Å². The Balaban J connectivity index is 1.77. The number of anilines is 1. The van der Waals surface area contributed by atoms with Crippen LogP contribution in [-0.2, 0) is 32.6 Å². The van der Waals surface area contributed by atoms with Crippen molar-refractivity contribution < 1.29 is 18.0 Å². The van der Waals surface area contributed by atoms with Crippen LogP contribution >= 0.6 is 11.6 Å². The smallest absolute Gasteiger partial charge is 0.264 e. The molecule has 0 aliphatic heterocycles. The second-order valence-electron chi connectivity index (χ2n) is 10.1. The zero-order valence-corrected chi connectivity index (χ0v) is 25.7. The molecular formula is C34H36ClN3O4S. The van der Waals surface area contributed by atoms with Crippen molar-refractivity contribution in [2.45, 2.75) is 43.7 Å². The Kier molecular flexibility index (Phi) is 11.4. The number of nitrogens with zero attached hydrogens (tertiary/aromatic N) is 2. The monoisotopic (exact) mass is 617 g/mol. The highest BCUT2D eigenvalue weighted by Gasteiger charge is 2.35. The van der Waals surface area contributed by atoms with Crippen LogP contribution in [0.2, 0.25) is 5.02 Å². The van der Waals surface area contributed by atoms with Gasteiger partial charge in [-0.05, 0) is 41.8 Å². The molecule has 9 heteroatoms. The van der Waals surface area contributed by atoms with Crippen molar-refractivity contribution in [1.82, 2.24) is 10.2 Å². The SMILES string of the molecule is CCCCNC(=O)[C@H](Cc1ccccc1)N(Cc1ccccc1)C(=O)CN(c1ccccc1Cl)S(=O)(=O)c1ccccc1. The first-order valence-electron chi connectivity index (χ1n) is 14.3. The predicted octanol–water partition coefficient (Wildman–Crippen LogP) is 6.09. The number of sulfonamides is 1. The molecule has 0 unspecified atom stereocenters. The van der Waals surface area contributed by atoms with Crippen molar-refractivity contribution in [3.8, 4) is 0 Å². The standard InChI is InChI=1S/C34H36ClN3O4S/c1-2-3-23-36-34(40)32(24-27-15-7-4-8-16-27)37(25-28-17-9-5-10-18-28)33(39)26-38(31-22-14-13-21-30(31)35)43(41,42)29-19-11-6-12-20-29/h4-22,32H,2-3,23-26H2,1H3,(H,36,40)/t32-/m0/s1. The fourth-order valence-electron chi connectivity index (χ4n) is 4.73. The van der Waals surface area contributed by atoms with Crippen LogP contribution in [0.25, 0.3) is 0 Å². The Morgan fingerprint density at radius 1 is 0.791 bits per heavy atom. The third-order valence-electron chi connectivity index (χ3n) is 7.03. The van der Waals surface area contributed by atoms with Crippen molar-refractivity contribution >= 4 is 39.1 Å². The van der Waals surface area contributed by atoms with Gasteiger partial charge in [0, 0.05) is 19.5 Å². The van der Waals surface area contributed by atoms with Crippen molar-refractivity contribution in [1.29, 1.82) is 0 Å². The molecule has 0 radical (unpaired) electrons. The quantitative estimate of drug-likeness (QED) is 0.174. The maximum atomic E-state index is 14.4. The summed E-state index contributed by atoms with van der Waals surface area (Å²) in [7, 11) is -4.20. The minimum absolute atomic E-state index is 0.0236. The van der Waals surface area contributed by atoms with E-state index in [1.807, 2.05) is 67.6 Å². The topological polar surface area (TPSA) is 86.8 Å². The van der Waals surface area contributed by atoms with Gasteiger partial charge in [0.15, 0.2) is 0 Å². The van der Waals surface area contributed by atoms with Crippen LogP contribution in [0.5, 0.6) is 0 Å². The van der Waals surface area contributed by atoms with E-state index in [9.17, 15) is 18.0 Å². The van der Waals surface area contributed by atoms with E-state index in [-0.39, 0.29) is 34.5 Å². The molecule has 0 fully saturated rings. The van der Waals surface area contributed by atoms with Crippen LogP contribution < -0.4 is 9.62 Å². The predicted molar refractivity (Wildman–Crippen MR) is 171 cm³/mol. The lowest BCUT2D eigenvalue weighted by atomic mass is 10.0. The van der Waals surface area contributed by atoms with Gasteiger partial charge in [0.2, 0.25) is 11.8 Å². The van der Waals surface area contributed by atoms with Gasteiger partial charge in [-0.15, -0.1) is 0 Å². The van der Waals surface area contributed by atoms with Gasteiger partial charge in [0.05, 0.1) is 15.6 Å². The molecule has 7 nitrogen and oxygen atoms in total. The number of amides is 2. The third kappa shape index (κ3) is 8.46. The van der Waals surface area contributed by atoms with E-state index in [0.29, 0.717) is 6.54 Å². The van der Waals surface area contributed by atoms with Gasteiger partial charge in [-0.2, -0.15) is 0 Å². The fourth-order valence-corrected chi connectivity index (χ4v) is 6.47. The molecule has 1 N–H and O–H groups in total. The molecule has 43 heavy (non-hydrogen) atoms. The first-order valence-corrected chi connectivity index (χ1v) is 16.1. The van der Waals surface area contributed by atoms with Crippen molar-refractivity contribution in [3.05, 3.63) is 131 Å². The molecule has 0 heterocycles. The lowest BCUT2D eigenvalue weighted by Crippen LogP contribution is -2.53. The summed E-state index contributed by atoms with van der Waals surface area (Å²) in [6.45, 7) is 2.07. The van der Waals surface area contributed by atoms with Crippen LogP contribution in [0, 0.1) is 0 Å². The van der Waals surface area contributed by atoms with E-state index in [2.05, 4.69) is 5.32 Å². The number of carbonyl (C=O) groups excluding carboxylic acids is 2. The van der Waals surface area contributed by atoms with Gasteiger partial charge in [0.25, 0.3) is 10.0 Å². The van der Waals surface area contributed by atoms with Gasteiger partial charge in [-0.1, -0.05) is 116 Å². The van der Waals surface area contributed by atoms with Gasteiger partial charge in [0.1, 0.15) is 12.6 Å². The molecule has 0 saturated carbocycles. The Morgan fingerprint density at radius 3 is 1.95 bits per heavy atom. The average Bonchev–Trinajstić information content (AvgIpc) is 3.03. The van der Waals surface area contributed by atoms with E-state index in [1.54, 1.807) is 42.5 Å². The van der Waals surface area contributed by atoms with Gasteiger partial charge in [-0.25, -0.2) is 8.42 Å². The van der Waals surface area contributed by atoms with Crippen LogP contribution in [0.1, 0.15) is 30.9 Å². The summed E-state index contributed by atoms with van der Waals surface area (Å²) in [5.74, 6) is -0.827. The zero-order chi connectivity index (χ0) is 30.7. The highest BCUT2D eigenvalue weighted by atomic mass is 35.5. The number of hydrogen-bond acceptors (Lipinski definition) is 4. The minimum Gasteiger partial charge on any atom is -0.354 e. The molecule has 4 rings (SSSR count). The highest BCUT2D eigenvalue weighted by Crippen LogP contribution is 2.31. The Morgan fingerprint density at radius 2 is 1.35 bits per heavy atom. The number of unbranched alkanes of at least 4 members (excludes halogenated alkanes) is 1. The van der Waals surface area contributed by atoms with Crippen LogP contribution in [-0.4, -0.2) is 44.3 Å². The Bertz CT molecular complexity index is 1590. The lowest BCUT2D eigenvalue weighted by Gasteiger charge is -2.34. The molecule has 0 aromatic heterocycles. The molecule has 0 aliphatic carbocycles. The number of carbonyl (C=O) groups is 2. The number of para-hydroxylation sites is 1. The summed E-state index contributed by atoms with van der Waals surface area (Å²) < 4.78 is 29.0. The second-order valence-corrected chi connectivity index (χ2v) is 12.4. The summed E-state index contributed by atoms with van der Waals surface area (Å²) in [6.07, 6.45) is 1.96. The highest BCUT2D eigenvalue weighted by molar-refractivity contribution is 7.92. The first kappa shape index (κ1) is 31.8. The summed E-state index contributed by atoms with van der Waals surface area (Å²) in [4.78, 5) is 29.6. The molecule has 4 aromatic carbocycles. The molecule has 0 aliphatic rings. The molecule has 224 valence electrons. The normalized spacial score (nSPS) is 11.9. The van der Waals surface area contributed by atoms with Crippen molar-refractivity contribution in [2.24, 2.45) is 0 Å². The van der Waals surface area contributed by atoms with E-state index in [4.69, 9.17) is 11.6 Å². The molecule has 1 atom stereocenters. The van der Waals surface area contributed by atoms with Crippen LogP contribution in [0.3, 0.4) is 0 Å². The fraction of sp³-hybridized carbons (Fsp3) is 0.235. The van der Waals surface area contributed by atoms with Crippen LogP contribution in [0.4, 0.5) is 5.69 Å². The number of nitrogens with one attached hydrogen (secondary N) is 1. The van der Waals surface area contributed by atoms with Crippen LogP contribution in [0.15, 0.2) is 120 Å². The maximum Gasteiger partial charge on any atom is 0.264 e. The summed E-state index contributed by atoms with van der Waals surface area (Å²) in [5, 5.41) is 3.17. The molecule has 4 aromatic rings. The van der Waals surface area contributed by atoms with Gasteiger partial charge >= 0.3 is 0 Å². The van der Waals surface area contributed by atoms with Gasteiger partial charge < -0.3 is 10.2 Å². The number of hydrogen-bond donors (Lipinski definition) is 1. The van der Waals surface area contributed by atoms with Crippen molar-refractivity contribution in [2.75, 3.05) is 17.4 Å². The summed E-state index contributed by atoms with van der Waals surface area (Å²) >= 11 is 6.50. The largest absolute Gasteiger partial charge is 0.354 e.